The van der Waals surface area contributed by atoms with Crippen LogP contribution in [0.4, 0.5) is 5.69 Å². The number of benzene rings is 1. The van der Waals surface area contributed by atoms with Crippen LogP contribution in [0, 0.1) is 0 Å². The fourth-order valence-electron chi connectivity index (χ4n) is 2.75. The van der Waals surface area contributed by atoms with Crippen LogP contribution in [0.2, 0.25) is 0 Å². The quantitative estimate of drug-likeness (QED) is 0.921. The summed E-state index contributed by atoms with van der Waals surface area (Å²) in [7, 11) is -3.26. The van der Waals surface area contributed by atoms with E-state index < -0.39 is 10.0 Å². The second-order valence-electron chi connectivity index (χ2n) is 5.64. The van der Waals surface area contributed by atoms with Crippen LogP contribution < -0.4 is 9.62 Å². The molecule has 1 unspecified atom stereocenters. The summed E-state index contributed by atoms with van der Waals surface area (Å²) in [6.45, 7) is 2.38. The Hall–Kier alpha value is -1.86. The van der Waals surface area contributed by atoms with E-state index in [2.05, 4.69) is 5.32 Å². The molecule has 0 spiro atoms. The number of rotatable bonds is 4. The van der Waals surface area contributed by atoms with E-state index in [-0.39, 0.29) is 11.9 Å². The molecule has 7 heteroatoms. The van der Waals surface area contributed by atoms with E-state index in [9.17, 15) is 13.2 Å². The van der Waals surface area contributed by atoms with Crippen molar-refractivity contribution in [2.24, 2.45) is 0 Å². The SMILES string of the molecule is CC(NC(=O)c1ccc2c(c1)CCN2S(C)(=O)=O)c1cccs1. The van der Waals surface area contributed by atoms with Gasteiger partial charge in [0.05, 0.1) is 18.0 Å². The molecular formula is C16H18N2O3S2. The van der Waals surface area contributed by atoms with Gasteiger partial charge in [0.1, 0.15) is 0 Å². The summed E-state index contributed by atoms with van der Waals surface area (Å²) in [6, 6.07) is 9.08. The van der Waals surface area contributed by atoms with Crippen LogP contribution >= 0.6 is 11.3 Å². The lowest BCUT2D eigenvalue weighted by molar-refractivity contribution is 0.0940. The van der Waals surface area contributed by atoms with Gasteiger partial charge in [-0.05, 0) is 48.6 Å². The summed E-state index contributed by atoms with van der Waals surface area (Å²) in [5.41, 5.74) is 2.13. The highest BCUT2D eigenvalue weighted by Gasteiger charge is 2.26. The average Bonchev–Trinajstić information content (AvgIpc) is 3.15. The molecule has 1 aromatic heterocycles. The Morgan fingerprint density at radius 2 is 2.13 bits per heavy atom. The molecule has 2 heterocycles. The molecule has 23 heavy (non-hydrogen) atoms. The van der Waals surface area contributed by atoms with Crippen molar-refractivity contribution >= 4 is 33.0 Å². The van der Waals surface area contributed by atoms with Crippen molar-refractivity contribution in [3.63, 3.8) is 0 Å². The largest absolute Gasteiger partial charge is 0.345 e. The smallest absolute Gasteiger partial charge is 0.251 e. The summed E-state index contributed by atoms with van der Waals surface area (Å²) in [4.78, 5) is 13.5. The summed E-state index contributed by atoms with van der Waals surface area (Å²) in [5, 5.41) is 4.95. The number of fused-ring (bicyclic) bond motifs is 1. The number of amides is 1. The maximum absolute atomic E-state index is 12.4. The minimum Gasteiger partial charge on any atom is -0.345 e. The van der Waals surface area contributed by atoms with E-state index in [0.717, 1.165) is 10.4 Å². The van der Waals surface area contributed by atoms with Crippen LogP contribution in [0.3, 0.4) is 0 Å². The molecule has 3 rings (SSSR count). The number of carbonyl (C=O) groups is 1. The number of hydrogen-bond acceptors (Lipinski definition) is 4. The first-order valence-corrected chi connectivity index (χ1v) is 10.0. The Labute approximate surface area is 140 Å². The minimum atomic E-state index is -3.26. The van der Waals surface area contributed by atoms with Gasteiger partial charge >= 0.3 is 0 Å². The van der Waals surface area contributed by atoms with E-state index in [1.807, 2.05) is 24.4 Å². The number of thiophene rings is 1. The number of sulfonamides is 1. The zero-order valence-electron chi connectivity index (χ0n) is 12.9. The van der Waals surface area contributed by atoms with E-state index in [1.54, 1.807) is 29.5 Å². The molecule has 1 atom stereocenters. The Bertz CT molecular complexity index is 829. The van der Waals surface area contributed by atoms with Gasteiger partial charge in [0, 0.05) is 17.0 Å². The van der Waals surface area contributed by atoms with Gasteiger partial charge in [0.2, 0.25) is 10.0 Å². The summed E-state index contributed by atoms with van der Waals surface area (Å²) >= 11 is 1.60. The molecule has 0 radical (unpaired) electrons. The molecule has 0 aliphatic carbocycles. The van der Waals surface area contributed by atoms with Gasteiger partial charge in [0.25, 0.3) is 5.91 Å². The second kappa shape index (κ2) is 5.98. The number of nitrogens with zero attached hydrogens (tertiary/aromatic N) is 1. The van der Waals surface area contributed by atoms with Crippen molar-refractivity contribution in [3.05, 3.63) is 51.7 Å². The van der Waals surface area contributed by atoms with Crippen molar-refractivity contribution in [2.45, 2.75) is 19.4 Å². The normalized spacial score (nSPS) is 15.3. The Kier molecular flexibility index (Phi) is 4.16. The number of carbonyl (C=O) groups excluding carboxylic acids is 1. The van der Waals surface area contributed by atoms with Crippen LogP contribution in [0.5, 0.6) is 0 Å². The molecule has 1 aromatic carbocycles. The van der Waals surface area contributed by atoms with Gasteiger partial charge in [-0.15, -0.1) is 11.3 Å². The Morgan fingerprint density at radius 3 is 2.78 bits per heavy atom. The molecular weight excluding hydrogens is 332 g/mol. The molecule has 0 fully saturated rings. The second-order valence-corrected chi connectivity index (χ2v) is 8.53. The molecule has 0 saturated heterocycles. The van der Waals surface area contributed by atoms with E-state index in [4.69, 9.17) is 0 Å². The van der Waals surface area contributed by atoms with Crippen molar-refractivity contribution in [3.8, 4) is 0 Å². The number of hydrogen-bond donors (Lipinski definition) is 1. The lowest BCUT2D eigenvalue weighted by atomic mass is 10.1. The van der Waals surface area contributed by atoms with Gasteiger partial charge in [-0.1, -0.05) is 6.07 Å². The molecule has 1 aliphatic heterocycles. The molecule has 0 bridgehead atoms. The van der Waals surface area contributed by atoms with Gasteiger partial charge in [0.15, 0.2) is 0 Å². The first kappa shape index (κ1) is 16.0. The third-order valence-corrected chi connectivity index (χ3v) is 6.15. The van der Waals surface area contributed by atoms with Crippen molar-refractivity contribution in [2.75, 3.05) is 17.1 Å². The fraction of sp³-hybridized carbons (Fsp3) is 0.312. The highest BCUT2D eigenvalue weighted by molar-refractivity contribution is 7.92. The maximum atomic E-state index is 12.4. The third kappa shape index (κ3) is 3.25. The van der Waals surface area contributed by atoms with Crippen molar-refractivity contribution in [1.29, 1.82) is 0 Å². The molecule has 1 aliphatic rings. The topological polar surface area (TPSA) is 66.5 Å². The van der Waals surface area contributed by atoms with E-state index in [1.165, 1.54) is 10.6 Å². The predicted molar refractivity (Wildman–Crippen MR) is 92.5 cm³/mol. The summed E-state index contributed by atoms with van der Waals surface area (Å²) < 4.78 is 24.9. The first-order chi connectivity index (χ1) is 10.9. The van der Waals surface area contributed by atoms with E-state index in [0.29, 0.717) is 24.2 Å². The maximum Gasteiger partial charge on any atom is 0.251 e. The van der Waals surface area contributed by atoms with Crippen molar-refractivity contribution < 1.29 is 13.2 Å². The zero-order chi connectivity index (χ0) is 16.6. The average molecular weight is 350 g/mol. The Morgan fingerprint density at radius 1 is 1.35 bits per heavy atom. The predicted octanol–water partition coefficient (Wildman–Crippen LogP) is 2.56. The highest BCUT2D eigenvalue weighted by Crippen LogP contribution is 2.31. The number of nitrogens with one attached hydrogen (secondary N) is 1. The fourth-order valence-corrected chi connectivity index (χ4v) is 4.44. The molecule has 2 aromatic rings. The van der Waals surface area contributed by atoms with Crippen LogP contribution in [-0.4, -0.2) is 27.1 Å². The molecule has 122 valence electrons. The van der Waals surface area contributed by atoms with Crippen LogP contribution in [-0.2, 0) is 16.4 Å². The van der Waals surface area contributed by atoms with Gasteiger partial charge < -0.3 is 5.32 Å². The standard InChI is InChI=1S/C16H18N2O3S2/c1-11(15-4-3-9-22-15)17-16(19)13-5-6-14-12(10-13)7-8-18(14)23(2,20)21/h3-6,9-11H,7-8H2,1-2H3,(H,17,19). The Balaban J connectivity index is 1.79. The summed E-state index contributed by atoms with van der Waals surface area (Å²) in [6.07, 6.45) is 1.83. The molecule has 5 nitrogen and oxygen atoms in total. The van der Waals surface area contributed by atoms with Crippen LogP contribution in [0.25, 0.3) is 0 Å². The van der Waals surface area contributed by atoms with Gasteiger partial charge in [-0.25, -0.2) is 8.42 Å². The lowest BCUT2D eigenvalue weighted by Crippen LogP contribution is -2.27. The molecule has 1 amide bonds. The number of anilines is 1. The lowest BCUT2D eigenvalue weighted by Gasteiger charge is -2.17. The highest BCUT2D eigenvalue weighted by atomic mass is 32.2. The van der Waals surface area contributed by atoms with Crippen LogP contribution in [0.15, 0.2) is 35.7 Å². The minimum absolute atomic E-state index is 0.0525. The first-order valence-electron chi connectivity index (χ1n) is 7.31. The molecule has 1 N–H and O–H groups in total. The molecule has 0 saturated carbocycles. The van der Waals surface area contributed by atoms with Gasteiger partial charge in [-0.2, -0.15) is 0 Å². The monoisotopic (exact) mass is 350 g/mol. The van der Waals surface area contributed by atoms with Gasteiger partial charge in [-0.3, -0.25) is 9.10 Å². The zero-order valence-corrected chi connectivity index (χ0v) is 14.6. The summed E-state index contributed by atoms with van der Waals surface area (Å²) in [5.74, 6) is -0.147. The van der Waals surface area contributed by atoms with Crippen molar-refractivity contribution in [1.82, 2.24) is 5.32 Å². The van der Waals surface area contributed by atoms with E-state index >= 15 is 0 Å². The van der Waals surface area contributed by atoms with Crippen LogP contribution in [0.1, 0.15) is 33.8 Å². The third-order valence-electron chi connectivity index (χ3n) is 3.91.